The second-order valence-electron chi connectivity index (χ2n) is 3.21. The third-order valence-corrected chi connectivity index (χ3v) is 1.80. The van der Waals surface area contributed by atoms with Gasteiger partial charge in [-0.15, -0.1) is 0 Å². The number of carbonyl (C=O) groups is 2. The summed E-state index contributed by atoms with van der Waals surface area (Å²) in [6.07, 6.45) is -0.954. The molecule has 100 valence electrons. The van der Waals surface area contributed by atoms with Gasteiger partial charge in [0.2, 0.25) is 0 Å². The van der Waals surface area contributed by atoms with Gasteiger partial charge in [0.15, 0.2) is 0 Å². The summed E-state index contributed by atoms with van der Waals surface area (Å²) in [5.41, 5.74) is 0.167. The molecule has 5 N–H and O–H groups in total. The van der Waals surface area contributed by atoms with E-state index in [0.717, 1.165) is 0 Å². The Labute approximate surface area is 103 Å². The van der Waals surface area contributed by atoms with E-state index < -0.39 is 18.0 Å². The van der Waals surface area contributed by atoms with Crippen LogP contribution in [0.25, 0.3) is 0 Å². The lowest BCUT2D eigenvalue weighted by Gasteiger charge is -1.96. The topological polar surface area (TPSA) is 135 Å². The van der Waals surface area contributed by atoms with E-state index in [4.69, 9.17) is 25.5 Å². The fraction of sp³-hybridized carbons (Fsp3) is 0.273. The van der Waals surface area contributed by atoms with Crippen molar-refractivity contribution in [2.45, 2.75) is 6.10 Å². The van der Waals surface area contributed by atoms with E-state index in [-0.39, 0.29) is 24.3 Å². The first-order valence-corrected chi connectivity index (χ1v) is 4.88. The Hall–Kier alpha value is -1.96. The number of hydrogen-bond acceptors (Lipinski definition) is 5. The molecule has 1 rings (SSSR count). The third-order valence-electron chi connectivity index (χ3n) is 1.80. The van der Waals surface area contributed by atoms with E-state index in [2.05, 4.69) is 0 Å². The monoisotopic (exact) mass is 258 g/mol. The minimum atomic E-state index is -1.06. The third kappa shape index (κ3) is 5.94. The van der Waals surface area contributed by atoms with Gasteiger partial charge in [-0.1, -0.05) is 0 Å². The predicted octanol–water partition coefficient (Wildman–Crippen LogP) is -0.585. The Morgan fingerprint density at radius 3 is 1.28 bits per heavy atom. The van der Waals surface area contributed by atoms with Crippen LogP contribution in [0, 0.1) is 0 Å². The normalized spacial score (nSPS) is 9.56. The lowest BCUT2D eigenvalue weighted by molar-refractivity contribution is 0.0450. The van der Waals surface area contributed by atoms with Gasteiger partial charge in [0.1, 0.15) is 6.10 Å². The van der Waals surface area contributed by atoms with E-state index >= 15 is 0 Å². The van der Waals surface area contributed by atoms with Gasteiger partial charge in [-0.25, -0.2) is 9.59 Å². The highest BCUT2D eigenvalue weighted by Crippen LogP contribution is 2.03. The predicted molar refractivity (Wildman–Crippen MR) is 60.5 cm³/mol. The van der Waals surface area contributed by atoms with Crippen LogP contribution in [0.4, 0.5) is 0 Å². The fourth-order valence-electron chi connectivity index (χ4n) is 0.813. The lowest BCUT2D eigenvalue weighted by Crippen LogP contribution is -2.15. The first-order valence-electron chi connectivity index (χ1n) is 4.88. The molecule has 0 radical (unpaired) electrons. The molecule has 0 heterocycles. The highest BCUT2D eigenvalue weighted by Gasteiger charge is 2.04. The van der Waals surface area contributed by atoms with Crippen LogP contribution < -0.4 is 0 Å². The SMILES string of the molecule is O=C(O)c1ccc(C(=O)O)cc1.OCC(O)CO. The van der Waals surface area contributed by atoms with E-state index in [0.29, 0.717) is 0 Å². The number of aliphatic hydroxyl groups is 3. The quantitative estimate of drug-likeness (QED) is 0.487. The lowest BCUT2D eigenvalue weighted by atomic mass is 10.1. The van der Waals surface area contributed by atoms with Crippen LogP contribution in [-0.4, -0.2) is 56.8 Å². The van der Waals surface area contributed by atoms with Crippen molar-refractivity contribution in [2.24, 2.45) is 0 Å². The van der Waals surface area contributed by atoms with Gasteiger partial charge in [-0.2, -0.15) is 0 Å². The van der Waals surface area contributed by atoms with Crippen LogP contribution in [-0.2, 0) is 0 Å². The second kappa shape index (κ2) is 8.18. The molecule has 0 spiro atoms. The summed E-state index contributed by atoms with van der Waals surface area (Å²) in [6.45, 7) is -0.729. The van der Waals surface area contributed by atoms with Crippen LogP contribution in [0.1, 0.15) is 20.7 Å². The molecule has 0 aliphatic heterocycles. The average molecular weight is 258 g/mol. The summed E-state index contributed by atoms with van der Waals surface area (Å²) < 4.78 is 0. The number of benzene rings is 1. The molecule has 1 aromatic carbocycles. The van der Waals surface area contributed by atoms with Crippen LogP contribution >= 0.6 is 0 Å². The number of hydrogen-bond donors (Lipinski definition) is 5. The largest absolute Gasteiger partial charge is 0.478 e. The molecule has 1 aromatic rings. The average Bonchev–Trinajstić information content (AvgIpc) is 2.38. The molecule has 0 saturated heterocycles. The Balaban J connectivity index is 0.000000411. The molecule has 0 aliphatic rings. The second-order valence-corrected chi connectivity index (χ2v) is 3.21. The summed E-state index contributed by atoms with van der Waals surface area (Å²) in [5.74, 6) is -2.13. The van der Waals surface area contributed by atoms with Crippen molar-refractivity contribution in [1.82, 2.24) is 0 Å². The van der Waals surface area contributed by atoms with Gasteiger partial charge < -0.3 is 25.5 Å². The highest BCUT2D eigenvalue weighted by atomic mass is 16.4. The van der Waals surface area contributed by atoms with Crippen molar-refractivity contribution in [3.63, 3.8) is 0 Å². The smallest absolute Gasteiger partial charge is 0.335 e. The van der Waals surface area contributed by atoms with Gasteiger partial charge in [0.25, 0.3) is 0 Å². The molecule has 0 aromatic heterocycles. The van der Waals surface area contributed by atoms with E-state index in [1.165, 1.54) is 24.3 Å². The van der Waals surface area contributed by atoms with E-state index in [9.17, 15) is 9.59 Å². The zero-order valence-electron chi connectivity index (χ0n) is 9.35. The molecule has 0 aliphatic carbocycles. The van der Waals surface area contributed by atoms with Gasteiger partial charge in [0.05, 0.1) is 24.3 Å². The van der Waals surface area contributed by atoms with Crippen molar-refractivity contribution in [3.8, 4) is 0 Å². The summed E-state index contributed by atoms with van der Waals surface area (Å²) in [5, 5.41) is 40.9. The highest BCUT2D eigenvalue weighted by molar-refractivity contribution is 5.91. The van der Waals surface area contributed by atoms with Crippen molar-refractivity contribution in [1.29, 1.82) is 0 Å². The number of aromatic carboxylic acids is 2. The first-order chi connectivity index (χ1) is 8.42. The standard InChI is InChI=1S/C8H6O4.C3H8O3/c9-7(10)5-1-2-6(4-3-5)8(11)12;4-1-3(6)2-5/h1-4H,(H,9,10)(H,11,12);3-6H,1-2H2. The molecule has 0 fully saturated rings. The zero-order valence-corrected chi connectivity index (χ0v) is 9.35. The summed E-state index contributed by atoms with van der Waals surface area (Å²) >= 11 is 0. The van der Waals surface area contributed by atoms with Crippen molar-refractivity contribution in [3.05, 3.63) is 35.4 Å². The van der Waals surface area contributed by atoms with Gasteiger partial charge in [-0.05, 0) is 24.3 Å². The molecule has 18 heavy (non-hydrogen) atoms. The van der Waals surface area contributed by atoms with Crippen molar-refractivity contribution < 1.29 is 35.1 Å². The number of rotatable bonds is 4. The Kier molecular flexibility index (Phi) is 7.29. The molecule has 7 nitrogen and oxygen atoms in total. The minimum Gasteiger partial charge on any atom is -0.478 e. The summed E-state index contributed by atoms with van der Waals surface area (Å²) in [7, 11) is 0. The summed E-state index contributed by atoms with van der Waals surface area (Å²) in [6, 6.07) is 5.02. The van der Waals surface area contributed by atoms with Crippen molar-refractivity contribution in [2.75, 3.05) is 13.2 Å². The molecule has 0 amide bonds. The molecule has 0 unspecified atom stereocenters. The van der Waals surface area contributed by atoms with E-state index in [1.807, 2.05) is 0 Å². The molecule has 0 bridgehead atoms. The molecule has 0 saturated carbocycles. The van der Waals surface area contributed by atoms with Crippen LogP contribution in [0.2, 0.25) is 0 Å². The Bertz CT molecular complexity index is 348. The van der Waals surface area contributed by atoms with Crippen LogP contribution in [0.5, 0.6) is 0 Å². The van der Waals surface area contributed by atoms with Crippen LogP contribution in [0.15, 0.2) is 24.3 Å². The van der Waals surface area contributed by atoms with Crippen LogP contribution in [0.3, 0.4) is 0 Å². The van der Waals surface area contributed by atoms with Gasteiger partial charge in [0, 0.05) is 0 Å². The molecular formula is C11H14O7. The summed E-state index contributed by atoms with van der Waals surface area (Å²) in [4.78, 5) is 20.7. The molecular weight excluding hydrogens is 244 g/mol. The zero-order chi connectivity index (χ0) is 14.1. The maximum absolute atomic E-state index is 10.3. The first kappa shape index (κ1) is 16.0. The van der Waals surface area contributed by atoms with Gasteiger partial charge >= 0.3 is 11.9 Å². The Morgan fingerprint density at radius 1 is 0.889 bits per heavy atom. The van der Waals surface area contributed by atoms with Crippen molar-refractivity contribution >= 4 is 11.9 Å². The minimum absolute atomic E-state index is 0.0833. The fourth-order valence-corrected chi connectivity index (χ4v) is 0.813. The number of carboxylic acid groups (broad SMARTS) is 2. The number of aliphatic hydroxyl groups excluding tert-OH is 3. The maximum atomic E-state index is 10.3. The van der Waals surface area contributed by atoms with E-state index in [1.54, 1.807) is 0 Å². The molecule has 0 atom stereocenters. The Morgan fingerprint density at radius 2 is 1.17 bits per heavy atom. The maximum Gasteiger partial charge on any atom is 0.335 e. The van der Waals surface area contributed by atoms with Gasteiger partial charge in [-0.3, -0.25) is 0 Å². The molecule has 7 heteroatoms. The number of carboxylic acids is 2.